The molecule has 0 unspecified atom stereocenters. The highest BCUT2D eigenvalue weighted by Crippen LogP contribution is 2.41. The number of rotatable bonds is 5. The molecule has 1 saturated heterocycles. The van der Waals surface area contributed by atoms with Crippen LogP contribution >= 0.6 is 0 Å². The second-order valence-electron chi connectivity index (χ2n) is 5.21. The number of benzene rings is 1. The maximum Gasteiger partial charge on any atom is 0.420 e. The summed E-state index contributed by atoms with van der Waals surface area (Å²) in [6.45, 7) is 4.31. The molecule has 1 N–H and O–H groups in total. The van der Waals surface area contributed by atoms with Crippen LogP contribution in [-0.4, -0.2) is 51.8 Å². The lowest BCUT2D eigenvalue weighted by molar-refractivity contribution is -0.138. The molecule has 0 spiro atoms. The standard InChI is InChI=1S/C15H21F3N2O2/c1-21-12-9-11(3-6-20-7-4-19-5-8-20)14(22-2)13(10-12)15(16,17)18/h9-10,19H,3-8H2,1-2H3. The van der Waals surface area contributed by atoms with Crippen molar-refractivity contribution in [1.82, 2.24) is 10.2 Å². The fourth-order valence-corrected chi connectivity index (χ4v) is 2.63. The van der Waals surface area contributed by atoms with Crippen molar-refractivity contribution < 1.29 is 22.6 Å². The number of ether oxygens (including phenoxy) is 2. The van der Waals surface area contributed by atoms with E-state index in [1.807, 2.05) is 0 Å². The van der Waals surface area contributed by atoms with Gasteiger partial charge in [-0.1, -0.05) is 0 Å². The third-order valence-corrected chi connectivity index (χ3v) is 3.79. The lowest BCUT2D eigenvalue weighted by atomic mass is 10.0. The zero-order chi connectivity index (χ0) is 16.2. The van der Waals surface area contributed by atoms with Crippen LogP contribution in [0.15, 0.2) is 12.1 Å². The summed E-state index contributed by atoms with van der Waals surface area (Å²) < 4.78 is 49.6. The predicted octanol–water partition coefficient (Wildman–Crippen LogP) is 2.17. The minimum Gasteiger partial charge on any atom is -0.497 e. The summed E-state index contributed by atoms with van der Waals surface area (Å²) in [4.78, 5) is 2.22. The molecule has 1 aromatic rings. The van der Waals surface area contributed by atoms with Crippen LogP contribution in [0, 0.1) is 0 Å². The monoisotopic (exact) mass is 318 g/mol. The van der Waals surface area contributed by atoms with E-state index in [4.69, 9.17) is 9.47 Å². The van der Waals surface area contributed by atoms with Crippen LogP contribution in [0.25, 0.3) is 0 Å². The summed E-state index contributed by atoms with van der Waals surface area (Å²) in [6, 6.07) is 2.60. The number of nitrogens with one attached hydrogen (secondary N) is 1. The molecule has 7 heteroatoms. The van der Waals surface area contributed by atoms with Gasteiger partial charge in [-0.15, -0.1) is 0 Å². The molecule has 124 valence electrons. The molecule has 0 aromatic heterocycles. The Morgan fingerprint density at radius 2 is 1.82 bits per heavy atom. The normalized spacial score (nSPS) is 16.6. The first-order valence-electron chi connectivity index (χ1n) is 7.21. The molecule has 0 bridgehead atoms. The zero-order valence-electron chi connectivity index (χ0n) is 12.8. The highest BCUT2D eigenvalue weighted by Gasteiger charge is 2.36. The van der Waals surface area contributed by atoms with Crippen LogP contribution in [0.3, 0.4) is 0 Å². The molecule has 1 aliphatic heterocycles. The van der Waals surface area contributed by atoms with E-state index in [1.165, 1.54) is 14.2 Å². The summed E-state index contributed by atoms with van der Waals surface area (Å²) >= 11 is 0. The molecule has 4 nitrogen and oxygen atoms in total. The van der Waals surface area contributed by atoms with Gasteiger partial charge in [0.1, 0.15) is 17.1 Å². The van der Waals surface area contributed by atoms with Crippen LogP contribution in [0.2, 0.25) is 0 Å². The highest BCUT2D eigenvalue weighted by atomic mass is 19.4. The molecular formula is C15H21F3N2O2. The van der Waals surface area contributed by atoms with Crippen LogP contribution in [0.1, 0.15) is 11.1 Å². The van der Waals surface area contributed by atoms with Gasteiger partial charge in [0.2, 0.25) is 0 Å². The molecule has 22 heavy (non-hydrogen) atoms. The number of nitrogens with zero attached hydrogens (tertiary/aromatic N) is 1. The first-order valence-corrected chi connectivity index (χ1v) is 7.21. The largest absolute Gasteiger partial charge is 0.497 e. The van der Waals surface area contributed by atoms with Crippen LogP contribution in [-0.2, 0) is 12.6 Å². The minimum atomic E-state index is -4.47. The summed E-state index contributed by atoms with van der Waals surface area (Å²) in [6.07, 6.45) is -3.98. The van der Waals surface area contributed by atoms with Gasteiger partial charge in [-0.2, -0.15) is 13.2 Å². The fourth-order valence-electron chi connectivity index (χ4n) is 2.63. The molecule has 0 amide bonds. The van der Waals surface area contributed by atoms with Crippen molar-refractivity contribution in [3.8, 4) is 11.5 Å². The highest BCUT2D eigenvalue weighted by molar-refractivity contribution is 5.49. The number of methoxy groups -OCH3 is 2. The Hall–Kier alpha value is -1.47. The average Bonchev–Trinajstić information content (AvgIpc) is 2.52. The van der Waals surface area contributed by atoms with E-state index in [2.05, 4.69) is 10.2 Å². The van der Waals surface area contributed by atoms with Crippen LogP contribution in [0.5, 0.6) is 11.5 Å². The first-order chi connectivity index (χ1) is 10.5. The number of halogens is 3. The summed E-state index contributed by atoms with van der Waals surface area (Å²) in [7, 11) is 2.63. The van der Waals surface area contributed by atoms with Crippen molar-refractivity contribution in [2.24, 2.45) is 0 Å². The molecule has 0 saturated carbocycles. The smallest absolute Gasteiger partial charge is 0.420 e. The molecule has 0 atom stereocenters. The number of piperazine rings is 1. The average molecular weight is 318 g/mol. The lowest BCUT2D eigenvalue weighted by Gasteiger charge is -2.27. The molecule has 2 rings (SSSR count). The lowest BCUT2D eigenvalue weighted by Crippen LogP contribution is -2.44. The van der Waals surface area contributed by atoms with E-state index in [0.29, 0.717) is 18.5 Å². The first kappa shape index (κ1) is 16.9. The SMILES string of the molecule is COc1cc(CCN2CCNCC2)c(OC)c(C(F)(F)F)c1. The van der Waals surface area contributed by atoms with Crippen LogP contribution in [0.4, 0.5) is 13.2 Å². The maximum atomic E-state index is 13.2. The van der Waals surface area contributed by atoms with Gasteiger partial charge in [0.05, 0.1) is 14.2 Å². The van der Waals surface area contributed by atoms with Gasteiger partial charge in [0, 0.05) is 32.7 Å². The van der Waals surface area contributed by atoms with Gasteiger partial charge in [-0.3, -0.25) is 0 Å². The van der Waals surface area contributed by atoms with Crippen molar-refractivity contribution in [2.45, 2.75) is 12.6 Å². The Labute approximate surface area is 128 Å². The molecule has 0 aliphatic carbocycles. The molecule has 1 aliphatic rings. The van der Waals surface area contributed by atoms with E-state index < -0.39 is 11.7 Å². The van der Waals surface area contributed by atoms with Gasteiger partial charge in [-0.05, 0) is 24.1 Å². The second kappa shape index (κ2) is 7.19. The number of hydrogen-bond acceptors (Lipinski definition) is 4. The van der Waals surface area contributed by atoms with Crippen molar-refractivity contribution in [3.63, 3.8) is 0 Å². The predicted molar refractivity (Wildman–Crippen MR) is 77.6 cm³/mol. The Balaban J connectivity index is 2.24. The van der Waals surface area contributed by atoms with Gasteiger partial charge < -0.3 is 19.7 Å². The minimum absolute atomic E-state index is 0.108. The number of hydrogen-bond donors (Lipinski definition) is 1. The van der Waals surface area contributed by atoms with Crippen molar-refractivity contribution in [3.05, 3.63) is 23.3 Å². The zero-order valence-corrected chi connectivity index (χ0v) is 12.8. The molecule has 0 radical (unpaired) electrons. The van der Waals surface area contributed by atoms with Gasteiger partial charge in [0.25, 0.3) is 0 Å². The van der Waals surface area contributed by atoms with Gasteiger partial charge in [0.15, 0.2) is 0 Å². The van der Waals surface area contributed by atoms with Crippen LogP contribution < -0.4 is 14.8 Å². The fraction of sp³-hybridized carbons (Fsp3) is 0.600. The summed E-state index contributed by atoms with van der Waals surface area (Å²) in [5.74, 6) is 0.0897. The molecule has 1 aromatic carbocycles. The molecule has 1 fully saturated rings. The Morgan fingerprint density at radius 3 is 2.36 bits per heavy atom. The van der Waals surface area contributed by atoms with Gasteiger partial charge in [-0.25, -0.2) is 0 Å². The van der Waals surface area contributed by atoms with Crippen molar-refractivity contribution in [1.29, 1.82) is 0 Å². The van der Waals surface area contributed by atoms with Crippen molar-refractivity contribution >= 4 is 0 Å². The third kappa shape index (κ3) is 4.04. The third-order valence-electron chi connectivity index (χ3n) is 3.79. The van der Waals surface area contributed by atoms with E-state index in [-0.39, 0.29) is 11.5 Å². The van der Waals surface area contributed by atoms with E-state index >= 15 is 0 Å². The van der Waals surface area contributed by atoms with E-state index in [9.17, 15) is 13.2 Å². The van der Waals surface area contributed by atoms with E-state index in [1.54, 1.807) is 6.07 Å². The molecular weight excluding hydrogens is 297 g/mol. The topological polar surface area (TPSA) is 33.7 Å². The van der Waals surface area contributed by atoms with E-state index in [0.717, 1.165) is 32.2 Å². The van der Waals surface area contributed by atoms with Crippen molar-refractivity contribution in [2.75, 3.05) is 46.9 Å². The Morgan fingerprint density at radius 1 is 1.14 bits per heavy atom. The Kier molecular flexibility index (Phi) is 5.52. The quantitative estimate of drug-likeness (QED) is 0.902. The summed E-state index contributed by atoms with van der Waals surface area (Å²) in [5, 5.41) is 3.25. The Bertz CT molecular complexity index is 500. The summed E-state index contributed by atoms with van der Waals surface area (Å²) in [5.41, 5.74) is -0.266. The maximum absolute atomic E-state index is 13.2. The molecule has 1 heterocycles. The second-order valence-corrected chi connectivity index (χ2v) is 5.21. The number of alkyl halides is 3. The van der Waals surface area contributed by atoms with Gasteiger partial charge >= 0.3 is 6.18 Å².